The van der Waals surface area contributed by atoms with Gasteiger partial charge in [-0.05, 0) is 69.6 Å². The number of nitrogens with one attached hydrogen (secondary N) is 1. The van der Waals surface area contributed by atoms with E-state index in [9.17, 15) is 9.90 Å². The molecule has 0 aromatic carbocycles. The molecule has 2 aromatic rings. The van der Waals surface area contributed by atoms with Gasteiger partial charge in [0.15, 0.2) is 0 Å². The lowest BCUT2D eigenvalue weighted by molar-refractivity contribution is -0.117. The van der Waals surface area contributed by atoms with Gasteiger partial charge in [0.1, 0.15) is 11.6 Å². The lowest BCUT2D eigenvalue weighted by atomic mass is 9.84. The molecule has 6 heteroatoms. The third-order valence-electron chi connectivity index (χ3n) is 5.26. The van der Waals surface area contributed by atoms with Crippen molar-refractivity contribution in [3.05, 3.63) is 41.2 Å². The second kappa shape index (κ2) is 9.99. The Bertz CT molecular complexity index is 804. The monoisotopic (exact) mass is 401 g/mol. The van der Waals surface area contributed by atoms with Crippen molar-refractivity contribution in [2.75, 3.05) is 11.9 Å². The molecule has 150 valence electrons. The van der Waals surface area contributed by atoms with Crippen LogP contribution in [0.2, 0.25) is 5.02 Å². The van der Waals surface area contributed by atoms with Crippen molar-refractivity contribution in [2.45, 2.75) is 58.0 Å². The zero-order chi connectivity index (χ0) is 19.9. The number of aliphatic hydroxyl groups excluding tert-OH is 1. The summed E-state index contributed by atoms with van der Waals surface area (Å²) in [6, 6.07) is 7.85. The van der Waals surface area contributed by atoms with Gasteiger partial charge in [0.25, 0.3) is 0 Å². The topological polar surface area (TPSA) is 75.1 Å². The Hall–Kier alpha value is -1.98. The lowest BCUT2D eigenvalue weighted by Gasteiger charge is -2.25. The first-order chi connectivity index (χ1) is 13.5. The molecule has 28 heavy (non-hydrogen) atoms. The number of halogens is 1. The van der Waals surface area contributed by atoms with E-state index in [-0.39, 0.29) is 11.9 Å². The fraction of sp³-hybridized carbons (Fsp3) is 0.500. The van der Waals surface area contributed by atoms with E-state index in [1.165, 1.54) is 0 Å². The highest BCUT2D eigenvalue weighted by Gasteiger charge is 2.20. The van der Waals surface area contributed by atoms with E-state index in [4.69, 9.17) is 11.6 Å². The van der Waals surface area contributed by atoms with E-state index in [0.29, 0.717) is 23.9 Å². The molecule has 0 saturated heterocycles. The summed E-state index contributed by atoms with van der Waals surface area (Å²) < 4.78 is 0. The van der Waals surface area contributed by atoms with Gasteiger partial charge in [0.05, 0.1) is 16.8 Å². The van der Waals surface area contributed by atoms with Gasteiger partial charge in [0.2, 0.25) is 0 Å². The third kappa shape index (κ3) is 6.01. The maximum atomic E-state index is 11.0. The van der Waals surface area contributed by atoms with Crippen LogP contribution in [0, 0.1) is 5.92 Å². The highest BCUT2D eigenvalue weighted by atomic mass is 35.5. The minimum absolute atomic E-state index is 0.139. The molecule has 2 heterocycles. The summed E-state index contributed by atoms with van der Waals surface area (Å²) >= 11 is 6.41. The van der Waals surface area contributed by atoms with E-state index in [2.05, 4.69) is 15.3 Å². The number of ketones is 1. The van der Waals surface area contributed by atoms with Gasteiger partial charge in [-0.15, -0.1) is 0 Å². The molecule has 1 saturated carbocycles. The van der Waals surface area contributed by atoms with Crippen LogP contribution in [-0.4, -0.2) is 33.5 Å². The van der Waals surface area contributed by atoms with E-state index >= 15 is 0 Å². The highest BCUT2D eigenvalue weighted by Crippen LogP contribution is 2.31. The Labute approximate surface area is 171 Å². The van der Waals surface area contributed by atoms with Crippen LogP contribution in [0.3, 0.4) is 0 Å². The number of hydrogen-bond donors (Lipinski definition) is 2. The molecule has 0 atom stereocenters. The molecule has 1 fully saturated rings. The number of carbonyl (C=O) groups is 1. The molecule has 2 N–H and O–H groups in total. The van der Waals surface area contributed by atoms with Gasteiger partial charge >= 0.3 is 0 Å². The highest BCUT2D eigenvalue weighted by molar-refractivity contribution is 6.33. The van der Waals surface area contributed by atoms with Crippen molar-refractivity contribution in [2.24, 2.45) is 5.92 Å². The number of aromatic nitrogens is 2. The van der Waals surface area contributed by atoms with Crippen molar-refractivity contribution in [1.82, 2.24) is 9.97 Å². The Kier molecular flexibility index (Phi) is 7.40. The summed E-state index contributed by atoms with van der Waals surface area (Å²) in [4.78, 5) is 20.2. The Balaban J connectivity index is 1.68. The van der Waals surface area contributed by atoms with Crippen molar-refractivity contribution < 1.29 is 9.90 Å². The molecule has 0 aliphatic heterocycles. The summed E-state index contributed by atoms with van der Waals surface area (Å²) in [5.74, 6) is 1.54. The van der Waals surface area contributed by atoms with Gasteiger partial charge in [0, 0.05) is 30.4 Å². The lowest BCUT2D eigenvalue weighted by Crippen LogP contribution is -2.19. The second-order valence-corrected chi connectivity index (χ2v) is 8.08. The zero-order valence-electron chi connectivity index (χ0n) is 16.3. The summed E-state index contributed by atoms with van der Waals surface area (Å²) in [6.45, 7) is 2.32. The average Bonchev–Trinajstić information content (AvgIpc) is 2.68. The van der Waals surface area contributed by atoms with Gasteiger partial charge in [-0.25, -0.2) is 4.98 Å². The summed E-state index contributed by atoms with van der Waals surface area (Å²) in [5.41, 5.74) is 2.71. The molecule has 0 spiro atoms. The number of nitrogens with zero attached hydrogens (tertiary/aromatic N) is 2. The maximum Gasteiger partial charge on any atom is 0.129 e. The largest absolute Gasteiger partial charge is 0.393 e. The molecule has 3 rings (SSSR count). The zero-order valence-corrected chi connectivity index (χ0v) is 17.1. The SMILES string of the molecule is CC(=O)CCCNc1cccc(-c2cc(CC3CCC(O)CC3)ncc2Cl)n1. The molecular weight excluding hydrogens is 374 g/mol. The van der Waals surface area contributed by atoms with Crippen LogP contribution in [0.1, 0.15) is 51.1 Å². The van der Waals surface area contributed by atoms with E-state index < -0.39 is 0 Å². The number of pyridine rings is 2. The molecule has 1 aliphatic carbocycles. The quantitative estimate of drug-likeness (QED) is 0.628. The van der Waals surface area contributed by atoms with E-state index in [1.54, 1.807) is 13.1 Å². The minimum atomic E-state index is -0.139. The Morgan fingerprint density at radius 3 is 2.82 bits per heavy atom. The van der Waals surface area contributed by atoms with Crippen LogP contribution >= 0.6 is 11.6 Å². The van der Waals surface area contributed by atoms with Crippen LogP contribution in [-0.2, 0) is 11.2 Å². The van der Waals surface area contributed by atoms with Gasteiger partial charge in [-0.2, -0.15) is 0 Å². The maximum absolute atomic E-state index is 11.0. The smallest absolute Gasteiger partial charge is 0.129 e. The normalized spacial score (nSPS) is 19.4. The first-order valence-electron chi connectivity index (χ1n) is 10.0. The second-order valence-electron chi connectivity index (χ2n) is 7.67. The molecule has 0 bridgehead atoms. The van der Waals surface area contributed by atoms with Gasteiger partial charge in [-0.3, -0.25) is 4.98 Å². The first kappa shape index (κ1) is 20.7. The van der Waals surface area contributed by atoms with Crippen LogP contribution < -0.4 is 5.32 Å². The van der Waals surface area contributed by atoms with Crippen molar-refractivity contribution in [3.63, 3.8) is 0 Å². The molecule has 0 unspecified atom stereocenters. The standard InChI is InChI=1S/C22H28ClN3O2/c1-15(27)4-3-11-24-22-6-2-5-21(26-22)19-13-17(25-14-20(19)23)12-16-7-9-18(28)10-8-16/h2,5-6,13-14,16,18,28H,3-4,7-12H2,1H3,(H,24,26). The van der Waals surface area contributed by atoms with Crippen LogP contribution in [0.4, 0.5) is 5.82 Å². The fourth-order valence-corrected chi connectivity index (χ4v) is 3.87. The number of aliphatic hydroxyl groups is 1. The van der Waals surface area contributed by atoms with Crippen LogP contribution in [0.25, 0.3) is 11.3 Å². The fourth-order valence-electron chi connectivity index (χ4n) is 3.67. The predicted octanol–water partition coefficient (Wildman–Crippen LogP) is 4.67. The molecular formula is C22H28ClN3O2. The van der Waals surface area contributed by atoms with E-state index in [1.807, 2.05) is 24.3 Å². The predicted molar refractivity (Wildman–Crippen MR) is 113 cm³/mol. The van der Waals surface area contributed by atoms with Crippen molar-refractivity contribution in [1.29, 1.82) is 0 Å². The molecule has 1 aliphatic rings. The summed E-state index contributed by atoms with van der Waals surface area (Å²) in [6.07, 6.45) is 7.67. The summed E-state index contributed by atoms with van der Waals surface area (Å²) in [5, 5.41) is 13.5. The third-order valence-corrected chi connectivity index (χ3v) is 5.56. The van der Waals surface area contributed by atoms with Gasteiger partial charge < -0.3 is 15.2 Å². The van der Waals surface area contributed by atoms with Crippen LogP contribution in [0.15, 0.2) is 30.5 Å². The van der Waals surface area contributed by atoms with Crippen LogP contribution in [0.5, 0.6) is 0 Å². The number of rotatable bonds is 8. The number of carbonyl (C=O) groups excluding carboxylic acids is 1. The van der Waals surface area contributed by atoms with Crippen molar-refractivity contribution in [3.8, 4) is 11.3 Å². The molecule has 2 aromatic heterocycles. The Morgan fingerprint density at radius 1 is 1.29 bits per heavy atom. The van der Waals surface area contributed by atoms with Crippen molar-refractivity contribution >= 4 is 23.2 Å². The Morgan fingerprint density at radius 2 is 2.07 bits per heavy atom. The summed E-state index contributed by atoms with van der Waals surface area (Å²) in [7, 11) is 0. The number of Topliss-reactive ketones (excluding diaryl/α,β-unsaturated/α-hetero) is 1. The average molecular weight is 402 g/mol. The molecule has 0 amide bonds. The minimum Gasteiger partial charge on any atom is -0.393 e. The number of anilines is 1. The molecule has 0 radical (unpaired) electrons. The van der Waals surface area contributed by atoms with Gasteiger partial charge in [-0.1, -0.05) is 17.7 Å². The first-order valence-corrected chi connectivity index (χ1v) is 10.4. The number of hydrogen-bond acceptors (Lipinski definition) is 5. The molecule has 5 nitrogen and oxygen atoms in total. The van der Waals surface area contributed by atoms with E-state index in [0.717, 1.165) is 61.3 Å².